The van der Waals surface area contributed by atoms with Gasteiger partial charge in [-0.1, -0.05) is 24.3 Å². The van der Waals surface area contributed by atoms with Crippen molar-refractivity contribution in [3.05, 3.63) is 35.4 Å². The number of carboxylic acids is 1. The van der Waals surface area contributed by atoms with E-state index in [1.807, 2.05) is 38.1 Å². The van der Waals surface area contributed by atoms with Gasteiger partial charge in [-0.3, -0.25) is 4.79 Å². The van der Waals surface area contributed by atoms with E-state index in [1.165, 1.54) is 0 Å². The van der Waals surface area contributed by atoms with Crippen LogP contribution in [0.4, 0.5) is 0 Å². The lowest BCUT2D eigenvalue weighted by molar-refractivity contribution is -0.140. The molecule has 17 heavy (non-hydrogen) atoms. The SMILES string of the molecule is COC(C)(C)c1cccc(C2(C(=O)O)CC2)c1. The van der Waals surface area contributed by atoms with Crippen LogP contribution in [0, 0.1) is 0 Å². The van der Waals surface area contributed by atoms with Crippen LogP contribution in [0.15, 0.2) is 24.3 Å². The van der Waals surface area contributed by atoms with Crippen LogP contribution >= 0.6 is 0 Å². The molecule has 1 aliphatic carbocycles. The molecule has 1 saturated carbocycles. The van der Waals surface area contributed by atoms with Gasteiger partial charge in [0.2, 0.25) is 0 Å². The first-order valence-electron chi connectivity index (χ1n) is 5.82. The fourth-order valence-electron chi connectivity index (χ4n) is 2.06. The summed E-state index contributed by atoms with van der Waals surface area (Å²) >= 11 is 0. The van der Waals surface area contributed by atoms with Gasteiger partial charge in [0, 0.05) is 7.11 Å². The summed E-state index contributed by atoms with van der Waals surface area (Å²) in [6.07, 6.45) is 1.47. The zero-order valence-electron chi connectivity index (χ0n) is 10.5. The molecule has 0 unspecified atom stereocenters. The average molecular weight is 234 g/mol. The number of hydrogen-bond donors (Lipinski definition) is 1. The number of methoxy groups -OCH3 is 1. The van der Waals surface area contributed by atoms with Crippen molar-refractivity contribution in [2.75, 3.05) is 7.11 Å². The van der Waals surface area contributed by atoms with E-state index in [9.17, 15) is 9.90 Å². The predicted molar refractivity (Wildman–Crippen MR) is 65.0 cm³/mol. The molecule has 1 aliphatic rings. The normalized spacial score (nSPS) is 17.8. The number of rotatable bonds is 4. The first kappa shape index (κ1) is 12.1. The zero-order chi connectivity index (χ0) is 12.7. The maximum Gasteiger partial charge on any atom is 0.314 e. The molecule has 1 N–H and O–H groups in total. The molecule has 2 rings (SSSR count). The van der Waals surface area contributed by atoms with Crippen LogP contribution in [0.5, 0.6) is 0 Å². The van der Waals surface area contributed by atoms with Crippen LogP contribution in [-0.4, -0.2) is 18.2 Å². The van der Waals surface area contributed by atoms with Crippen molar-refractivity contribution in [3.63, 3.8) is 0 Å². The number of carbonyl (C=O) groups is 1. The molecule has 0 aromatic heterocycles. The van der Waals surface area contributed by atoms with Gasteiger partial charge < -0.3 is 9.84 Å². The molecule has 1 aromatic rings. The van der Waals surface area contributed by atoms with Gasteiger partial charge in [-0.25, -0.2) is 0 Å². The number of ether oxygens (including phenoxy) is 1. The Labute approximate surface area is 101 Å². The highest BCUT2D eigenvalue weighted by Crippen LogP contribution is 2.49. The van der Waals surface area contributed by atoms with Gasteiger partial charge in [0.25, 0.3) is 0 Å². The average Bonchev–Trinajstić information content (AvgIpc) is 3.10. The molecule has 0 atom stereocenters. The van der Waals surface area contributed by atoms with Crippen LogP contribution in [0.1, 0.15) is 37.8 Å². The van der Waals surface area contributed by atoms with Gasteiger partial charge in [-0.05, 0) is 37.8 Å². The molecule has 0 radical (unpaired) electrons. The quantitative estimate of drug-likeness (QED) is 0.871. The van der Waals surface area contributed by atoms with E-state index in [1.54, 1.807) is 7.11 Å². The summed E-state index contributed by atoms with van der Waals surface area (Å²) in [5.74, 6) is -0.718. The number of carboxylic acid groups (broad SMARTS) is 1. The molecule has 3 heteroatoms. The van der Waals surface area contributed by atoms with E-state index < -0.39 is 11.4 Å². The number of hydrogen-bond acceptors (Lipinski definition) is 2. The largest absolute Gasteiger partial charge is 0.481 e. The third-order valence-corrected chi connectivity index (χ3v) is 3.78. The van der Waals surface area contributed by atoms with Crippen molar-refractivity contribution in [2.24, 2.45) is 0 Å². The highest BCUT2D eigenvalue weighted by Gasteiger charge is 2.51. The first-order chi connectivity index (χ1) is 7.92. The lowest BCUT2D eigenvalue weighted by Gasteiger charge is -2.24. The molecule has 0 heterocycles. The minimum absolute atomic E-state index is 0.384. The summed E-state index contributed by atoms with van der Waals surface area (Å²) in [5.41, 5.74) is 0.891. The summed E-state index contributed by atoms with van der Waals surface area (Å²) in [6, 6.07) is 7.75. The Morgan fingerprint density at radius 1 is 1.41 bits per heavy atom. The van der Waals surface area contributed by atoms with Gasteiger partial charge in [-0.2, -0.15) is 0 Å². The minimum Gasteiger partial charge on any atom is -0.481 e. The Bertz CT molecular complexity index is 445. The second kappa shape index (κ2) is 3.84. The molecular weight excluding hydrogens is 216 g/mol. The lowest BCUT2D eigenvalue weighted by atomic mass is 9.90. The number of aliphatic carboxylic acids is 1. The summed E-state index contributed by atoms with van der Waals surface area (Å²) < 4.78 is 5.42. The Morgan fingerprint density at radius 2 is 2.06 bits per heavy atom. The number of benzene rings is 1. The standard InChI is InChI=1S/C14H18O3/c1-13(2,17-3)10-5-4-6-11(9-10)14(7-8-14)12(15)16/h4-6,9H,7-8H2,1-3H3,(H,15,16). The van der Waals surface area contributed by atoms with Gasteiger partial charge in [0.05, 0.1) is 11.0 Å². The Balaban J connectivity index is 2.39. The fourth-order valence-corrected chi connectivity index (χ4v) is 2.06. The van der Waals surface area contributed by atoms with Crippen molar-refractivity contribution in [1.29, 1.82) is 0 Å². The van der Waals surface area contributed by atoms with Crippen molar-refractivity contribution in [1.82, 2.24) is 0 Å². The molecule has 1 aromatic carbocycles. The van der Waals surface area contributed by atoms with Crippen LogP contribution in [0.25, 0.3) is 0 Å². The Hall–Kier alpha value is -1.35. The van der Waals surface area contributed by atoms with Gasteiger partial charge in [0.15, 0.2) is 0 Å². The maximum atomic E-state index is 11.3. The predicted octanol–water partition coefficient (Wildman–Crippen LogP) is 2.68. The molecule has 0 spiro atoms. The molecular formula is C14H18O3. The van der Waals surface area contributed by atoms with E-state index in [0.717, 1.165) is 24.0 Å². The monoisotopic (exact) mass is 234 g/mol. The van der Waals surface area contributed by atoms with Crippen molar-refractivity contribution in [3.8, 4) is 0 Å². The van der Waals surface area contributed by atoms with E-state index in [4.69, 9.17) is 4.74 Å². The van der Waals surface area contributed by atoms with Crippen LogP contribution < -0.4 is 0 Å². The van der Waals surface area contributed by atoms with E-state index >= 15 is 0 Å². The highest BCUT2D eigenvalue weighted by atomic mass is 16.5. The summed E-state index contributed by atoms with van der Waals surface area (Å²) in [4.78, 5) is 11.3. The van der Waals surface area contributed by atoms with Gasteiger partial charge in [-0.15, -0.1) is 0 Å². The molecule has 0 saturated heterocycles. The van der Waals surface area contributed by atoms with Crippen molar-refractivity contribution >= 4 is 5.97 Å². The fraction of sp³-hybridized carbons (Fsp3) is 0.500. The second-order valence-electron chi connectivity index (χ2n) is 5.18. The minimum atomic E-state index is -0.718. The zero-order valence-corrected chi connectivity index (χ0v) is 10.5. The first-order valence-corrected chi connectivity index (χ1v) is 5.82. The Morgan fingerprint density at radius 3 is 2.53 bits per heavy atom. The van der Waals surface area contributed by atoms with E-state index in [-0.39, 0.29) is 5.60 Å². The van der Waals surface area contributed by atoms with Crippen LogP contribution in [0.3, 0.4) is 0 Å². The van der Waals surface area contributed by atoms with Crippen LogP contribution in [-0.2, 0) is 20.5 Å². The smallest absolute Gasteiger partial charge is 0.314 e. The summed E-state index contributed by atoms with van der Waals surface area (Å²) in [5, 5.41) is 9.28. The van der Waals surface area contributed by atoms with E-state index in [2.05, 4.69) is 0 Å². The molecule has 0 aliphatic heterocycles. The lowest BCUT2D eigenvalue weighted by Crippen LogP contribution is -2.23. The second-order valence-corrected chi connectivity index (χ2v) is 5.18. The summed E-state index contributed by atoms with van der Waals surface area (Å²) in [7, 11) is 1.66. The molecule has 0 amide bonds. The van der Waals surface area contributed by atoms with Gasteiger partial charge >= 0.3 is 5.97 Å². The van der Waals surface area contributed by atoms with E-state index in [0.29, 0.717) is 0 Å². The molecule has 92 valence electrons. The topological polar surface area (TPSA) is 46.5 Å². The summed E-state index contributed by atoms with van der Waals surface area (Å²) in [6.45, 7) is 3.96. The van der Waals surface area contributed by atoms with Crippen molar-refractivity contribution < 1.29 is 14.6 Å². The molecule has 0 bridgehead atoms. The van der Waals surface area contributed by atoms with Crippen LogP contribution in [0.2, 0.25) is 0 Å². The van der Waals surface area contributed by atoms with Gasteiger partial charge in [0.1, 0.15) is 0 Å². The highest BCUT2D eigenvalue weighted by molar-refractivity contribution is 5.84. The molecule has 1 fully saturated rings. The maximum absolute atomic E-state index is 11.3. The third kappa shape index (κ3) is 1.95. The van der Waals surface area contributed by atoms with Crippen molar-refractivity contribution in [2.45, 2.75) is 37.7 Å². The molecule has 3 nitrogen and oxygen atoms in total. The third-order valence-electron chi connectivity index (χ3n) is 3.78. The Kier molecular flexibility index (Phi) is 2.74.